The lowest BCUT2D eigenvalue weighted by Gasteiger charge is -2.34. The molecule has 3 unspecified atom stereocenters. The van der Waals surface area contributed by atoms with E-state index in [0.29, 0.717) is 12.5 Å². The Labute approximate surface area is 120 Å². The summed E-state index contributed by atoms with van der Waals surface area (Å²) in [5.74, 6) is -0.0340. The Kier molecular flexibility index (Phi) is 3.55. The number of hydrogen-bond donors (Lipinski definition) is 1. The van der Waals surface area contributed by atoms with Crippen molar-refractivity contribution < 1.29 is 14.6 Å². The number of carbonyl (C=O) groups excluding carboxylic acids is 1. The summed E-state index contributed by atoms with van der Waals surface area (Å²) in [5.41, 5.74) is 0.412. The fourth-order valence-electron chi connectivity index (χ4n) is 4.09. The van der Waals surface area contributed by atoms with Crippen molar-refractivity contribution in [1.82, 2.24) is 0 Å². The molecule has 0 amide bonds. The van der Waals surface area contributed by atoms with Crippen LogP contribution in [-0.2, 0) is 21.6 Å². The Bertz CT molecular complexity index is 511. The molecule has 2 aliphatic carbocycles. The van der Waals surface area contributed by atoms with Crippen molar-refractivity contribution in [2.75, 3.05) is 6.61 Å². The molecule has 1 N–H and O–H groups in total. The number of hydrogen-bond acceptors (Lipinski definition) is 3. The van der Waals surface area contributed by atoms with Crippen molar-refractivity contribution in [2.24, 2.45) is 11.8 Å². The highest BCUT2D eigenvalue weighted by Crippen LogP contribution is 2.49. The lowest BCUT2D eigenvalue weighted by atomic mass is 9.76. The summed E-state index contributed by atoms with van der Waals surface area (Å²) in [6, 6.07) is 7.80. The van der Waals surface area contributed by atoms with E-state index in [9.17, 15) is 9.90 Å². The highest BCUT2D eigenvalue weighted by molar-refractivity contribution is 5.82. The molecule has 1 saturated carbocycles. The molecule has 1 fully saturated rings. The third-order valence-electron chi connectivity index (χ3n) is 4.99. The van der Waals surface area contributed by atoms with Gasteiger partial charge in [-0.2, -0.15) is 0 Å². The third-order valence-corrected chi connectivity index (χ3v) is 4.99. The number of rotatable bonds is 2. The molecular formula is C17H22O3. The predicted octanol–water partition coefficient (Wildman–Crippen LogP) is 2.80. The minimum atomic E-state index is -1.45. The van der Waals surface area contributed by atoms with Gasteiger partial charge in [-0.25, -0.2) is 4.79 Å². The lowest BCUT2D eigenvalue weighted by Crippen LogP contribution is -2.45. The smallest absolute Gasteiger partial charge is 0.343 e. The molecular weight excluding hydrogens is 252 g/mol. The molecule has 0 spiro atoms. The first kappa shape index (κ1) is 13.6. The zero-order valence-electron chi connectivity index (χ0n) is 12.0. The normalized spacial score (nSPS) is 32.1. The van der Waals surface area contributed by atoms with Crippen LogP contribution in [0.1, 0.15) is 43.7 Å². The van der Waals surface area contributed by atoms with Crippen molar-refractivity contribution in [3.63, 3.8) is 0 Å². The van der Waals surface area contributed by atoms with Crippen LogP contribution >= 0.6 is 0 Å². The second-order valence-electron chi connectivity index (χ2n) is 5.98. The molecule has 3 rings (SSSR count). The number of ether oxygens (including phenoxy) is 1. The Morgan fingerprint density at radius 3 is 2.95 bits per heavy atom. The first-order chi connectivity index (χ1) is 9.67. The maximum absolute atomic E-state index is 12.5. The van der Waals surface area contributed by atoms with E-state index in [4.69, 9.17) is 4.74 Å². The third kappa shape index (κ3) is 1.96. The fourth-order valence-corrected chi connectivity index (χ4v) is 4.09. The van der Waals surface area contributed by atoms with Crippen molar-refractivity contribution in [3.8, 4) is 0 Å². The molecule has 3 atom stereocenters. The molecule has 2 aliphatic rings. The van der Waals surface area contributed by atoms with Gasteiger partial charge in [0.25, 0.3) is 0 Å². The standard InChI is InChI=1S/C17H22O3/c1-2-20-16(18)17(19)14-8-4-3-6-12(14)10-11-13-7-5-9-15(13)17/h3-4,6,8,13,15,19H,2,5,7,9-11H2,1H3. The van der Waals surface area contributed by atoms with E-state index in [-0.39, 0.29) is 5.92 Å². The van der Waals surface area contributed by atoms with E-state index in [0.717, 1.165) is 43.2 Å². The molecule has 0 aromatic heterocycles. The van der Waals surface area contributed by atoms with Crippen molar-refractivity contribution >= 4 is 5.97 Å². The van der Waals surface area contributed by atoms with Crippen LogP contribution in [0, 0.1) is 11.8 Å². The van der Waals surface area contributed by atoms with E-state index >= 15 is 0 Å². The lowest BCUT2D eigenvalue weighted by molar-refractivity contribution is -0.175. The van der Waals surface area contributed by atoms with Gasteiger partial charge < -0.3 is 9.84 Å². The molecule has 0 bridgehead atoms. The van der Waals surface area contributed by atoms with Gasteiger partial charge in [0, 0.05) is 5.92 Å². The molecule has 108 valence electrons. The molecule has 0 aliphatic heterocycles. The summed E-state index contributed by atoms with van der Waals surface area (Å²) in [5, 5.41) is 11.3. The number of aryl methyl sites for hydroxylation is 1. The Morgan fingerprint density at radius 2 is 2.15 bits per heavy atom. The maximum atomic E-state index is 12.5. The van der Waals surface area contributed by atoms with E-state index in [1.54, 1.807) is 6.92 Å². The summed E-state index contributed by atoms with van der Waals surface area (Å²) in [6.45, 7) is 2.09. The van der Waals surface area contributed by atoms with Crippen LogP contribution in [0.4, 0.5) is 0 Å². The summed E-state index contributed by atoms with van der Waals surface area (Å²) in [6.07, 6.45) is 5.12. The van der Waals surface area contributed by atoms with Gasteiger partial charge in [-0.15, -0.1) is 0 Å². The maximum Gasteiger partial charge on any atom is 0.343 e. The average molecular weight is 274 g/mol. The highest BCUT2D eigenvalue weighted by atomic mass is 16.5. The Hall–Kier alpha value is -1.35. The highest BCUT2D eigenvalue weighted by Gasteiger charge is 2.53. The Balaban J connectivity index is 2.11. The van der Waals surface area contributed by atoms with E-state index in [2.05, 4.69) is 0 Å². The first-order valence-electron chi connectivity index (χ1n) is 7.66. The molecule has 1 aromatic carbocycles. The van der Waals surface area contributed by atoms with E-state index in [1.165, 1.54) is 0 Å². The largest absolute Gasteiger partial charge is 0.464 e. The molecule has 3 heteroatoms. The van der Waals surface area contributed by atoms with Gasteiger partial charge in [0.05, 0.1) is 6.61 Å². The van der Waals surface area contributed by atoms with Crippen molar-refractivity contribution in [3.05, 3.63) is 35.4 Å². The van der Waals surface area contributed by atoms with Gasteiger partial charge in [-0.05, 0) is 43.2 Å². The number of fused-ring (bicyclic) bond motifs is 2. The molecule has 1 aromatic rings. The number of carbonyl (C=O) groups is 1. The second kappa shape index (κ2) is 5.21. The van der Waals surface area contributed by atoms with Crippen molar-refractivity contribution in [1.29, 1.82) is 0 Å². The molecule has 3 nitrogen and oxygen atoms in total. The van der Waals surface area contributed by atoms with Crippen LogP contribution in [0.25, 0.3) is 0 Å². The topological polar surface area (TPSA) is 46.5 Å². The van der Waals surface area contributed by atoms with Crippen LogP contribution < -0.4 is 0 Å². The van der Waals surface area contributed by atoms with Crippen LogP contribution in [0.15, 0.2) is 24.3 Å². The fraction of sp³-hybridized carbons (Fsp3) is 0.588. The summed E-state index contributed by atoms with van der Waals surface area (Å²) < 4.78 is 5.22. The minimum Gasteiger partial charge on any atom is -0.464 e. The van der Waals surface area contributed by atoms with Crippen LogP contribution in [0.3, 0.4) is 0 Å². The van der Waals surface area contributed by atoms with Crippen LogP contribution in [-0.4, -0.2) is 17.7 Å². The summed E-state index contributed by atoms with van der Waals surface area (Å²) >= 11 is 0. The molecule has 0 saturated heterocycles. The zero-order valence-corrected chi connectivity index (χ0v) is 12.0. The number of benzene rings is 1. The number of aliphatic hydroxyl groups is 1. The number of esters is 1. The first-order valence-corrected chi connectivity index (χ1v) is 7.66. The SMILES string of the molecule is CCOC(=O)C1(O)c2ccccc2CCC2CCCC21. The van der Waals surface area contributed by atoms with Gasteiger partial charge in [0.15, 0.2) is 5.60 Å². The predicted molar refractivity (Wildman–Crippen MR) is 76.1 cm³/mol. The monoisotopic (exact) mass is 274 g/mol. The molecule has 0 radical (unpaired) electrons. The summed E-state index contributed by atoms with van der Waals surface area (Å²) in [4.78, 5) is 12.5. The van der Waals surface area contributed by atoms with Gasteiger partial charge in [-0.3, -0.25) is 0 Å². The van der Waals surface area contributed by atoms with Gasteiger partial charge >= 0.3 is 5.97 Å². The second-order valence-corrected chi connectivity index (χ2v) is 5.98. The Morgan fingerprint density at radius 1 is 1.35 bits per heavy atom. The van der Waals surface area contributed by atoms with Gasteiger partial charge in [0.1, 0.15) is 0 Å². The van der Waals surface area contributed by atoms with Crippen LogP contribution in [0.5, 0.6) is 0 Å². The average Bonchev–Trinajstić information content (AvgIpc) is 2.89. The van der Waals surface area contributed by atoms with Crippen molar-refractivity contribution in [2.45, 2.75) is 44.6 Å². The molecule has 20 heavy (non-hydrogen) atoms. The van der Waals surface area contributed by atoms with E-state index < -0.39 is 11.6 Å². The minimum absolute atomic E-state index is 0.00481. The van der Waals surface area contributed by atoms with E-state index in [1.807, 2.05) is 24.3 Å². The zero-order chi connectivity index (χ0) is 14.2. The quantitative estimate of drug-likeness (QED) is 0.844. The van der Waals surface area contributed by atoms with Gasteiger partial charge in [0.2, 0.25) is 0 Å². The summed E-state index contributed by atoms with van der Waals surface area (Å²) in [7, 11) is 0. The van der Waals surface area contributed by atoms with Gasteiger partial charge in [-0.1, -0.05) is 37.1 Å². The molecule has 0 heterocycles. The van der Waals surface area contributed by atoms with Crippen LogP contribution in [0.2, 0.25) is 0 Å².